The maximum atomic E-state index is 4.42. The summed E-state index contributed by atoms with van der Waals surface area (Å²) in [6.07, 6.45) is 1.80. The second-order valence-electron chi connectivity index (χ2n) is 4.18. The van der Waals surface area contributed by atoms with Gasteiger partial charge in [-0.05, 0) is 25.1 Å². The maximum Gasteiger partial charge on any atom is 0.125 e. The van der Waals surface area contributed by atoms with Gasteiger partial charge in [0, 0.05) is 21.9 Å². The van der Waals surface area contributed by atoms with E-state index in [1.165, 1.54) is 4.90 Å². The Hall–Kier alpha value is -1.35. The number of aromatic nitrogens is 2. The molecule has 0 N–H and O–H groups in total. The van der Waals surface area contributed by atoms with E-state index in [0.29, 0.717) is 5.25 Å². The van der Waals surface area contributed by atoms with Gasteiger partial charge in [-0.1, -0.05) is 26.0 Å². The minimum atomic E-state index is 0.613. The van der Waals surface area contributed by atoms with E-state index in [1.807, 2.05) is 24.8 Å². The largest absolute Gasteiger partial charge is 0.242 e. The van der Waals surface area contributed by atoms with Crippen LogP contribution < -0.4 is 0 Å². The van der Waals surface area contributed by atoms with Crippen molar-refractivity contribution >= 4 is 11.8 Å². The van der Waals surface area contributed by atoms with E-state index >= 15 is 0 Å². The Morgan fingerprint density at radius 2 is 1.76 bits per heavy atom. The zero-order chi connectivity index (χ0) is 12.3. The molecule has 0 radical (unpaired) electrons. The molecule has 0 aliphatic carbocycles. The Morgan fingerprint density at radius 1 is 1.06 bits per heavy atom. The molecule has 2 rings (SSSR count). The SMILES string of the molecule is Cc1nccc(-c2ccc(SC(C)C)cc2)n1. The van der Waals surface area contributed by atoms with Crippen molar-refractivity contribution in [3.8, 4) is 11.3 Å². The van der Waals surface area contributed by atoms with Crippen LogP contribution in [0.4, 0.5) is 0 Å². The number of hydrogen-bond acceptors (Lipinski definition) is 3. The topological polar surface area (TPSA) is 25.8 Å². The van der Waals surface area contributed by atoms with Crippen LogP contribution in [-0.2, 0) is 0 Å². The third-order valence-electron chi connectivity index (χ3n) is 2.30. The Balaban J connectivity index is 2.23. The molecule has 0 saturated heterocycles. The van der Waals surface area contributed by atoms with Crippen LogP contribution in [0.2, 0.25) is 0 Å². The molecule has 1 heterocycles. The molecule has 0 unspecified atom stereocenters. The smallest absolute Gasteiger partial charge is 0.125 e. The van der Waals surface area contributed by atoms with Gasteiger partial charge in [-0.3, -0.25) is 0 Å². The molecule has 0 amide bonds. The fourth-order valence-electron chi connectivity index (χ4n) is 1.59. The zero-order valence-corrected chi connectivity index (χ0v) is 11.2. The van der Waals surface area contributed by atoms with Crippen LogP contribution in [0.1, 0.15) is 19.7 Å². The van der Waals surface area contributed by atoms with Gasteiger partial charge < -0.3 is 0 Å². The van der Waals surface area contributed by atoms with E-state index < -0.39 is 0 Å². The van der Waals surface area contributed by atoms with Gasteiger partial charge in [0.15, 0.2) is 0 Å². The Bertz CT molecular complexity index is 492. The van der Waals surface area contributed by atoms with E-state index in [9.17, 15) is 0 Å². The van der Waals surface area contributed by atoms with Gasteiger partial charge in [-0.25, -0.2) is 9.97 Å². The second kappa shape index (κ2) is 5.32. The number of aryl methyl sites for hydroxylation is 1. The summed E-state index contributed by atoms with van der Waals surface area (Å²) in [5.41, 5.74) is 2.13. The molecule has 0 aliphatic rings. The van der Waals surface area contributed by atoms with Crippen molar-refractivity contribution in [2.45, 2.75) is 30.9 Å². The summed E-state index contributed by atoms with van der Waals surface area (Å²) >= 11 is 1.87. The molecular weight excluding hydrogens is 228 g/mol. The average Bonchev–Trinajstić information content (AvgIpc) is 2.29. The second-order valence-corrected chi connectivity index (χ2v) is 5.83. The third kappa shape index (κ3) is 3.30. The van der Waals surface area contributed by atoms with E-state index in [1.54, 1.807) is 6.20 Å². The Kier molecular flexibility index (Phi) is 3.79. The molecule has 1 aromatic carbocycles. The van der Waals surface area contributed by atoms with Crippen molar-refractivity contribution < 1.29 is 0 Å². The molecule has 88 valence electrons. The van der Waals surface area contributed by atoms with Gasteiger partial charge in [0.25, 0.3) is 0 Å². The minimum absolute atomic E-state index is 0.613. The molecule has 0 fully saturated rings. The van der Waals surface area contributed by atoms with Crippen LogP contribution in [0.3, 0.4) is 0 Å². The van der Waals surface area contributed by atoms with Crippen LogP contribution in [0.5, 0.6) is 0 Å². The summed E-state index contributed by atoms with van der Waals surface area (Å²) in [4.78, 5) is 9.82. The highest BCUT2D eigenvalue weighted by atomic mass is 32.2. The van der Waals surface area contributed by atoms with E-state index in [0.717, 1.165) is 17.1 Å². The standard InChI is InChI=1S/C14H16N2S/c1-10(2)17-13-6-4-12(5-7-13)14-8-9-15-11(3)16-14/h4-10H,1-3H3. The van der Waals surface area contributed by atoms with Gasteiger partial charge in [0.05, 0.1) is 5.69 Å². The lowest BCUT2D eigenvalue weighted by Crippen LogP contribution is -1.90. The number of benzene rings is 1. The van der Waals surface area contributed by atoms with Crippen LogP contribution >= 0.6 is 11.8 Å². The van der Waals surface area contributed by atoms with Crippen molar-refractivity contribution in [2.24, 2.45) is 0 Å². The molecule has 0 spiro atoms. The van der Waals surface area contributed by atoms with Crippen molar-refractivity contribution in [3.05, 3.63) is 42.4 Å². The van der Waals surface area contributed by atoms with Crippen LogP contribution in [0, 0.1) is 6.92 Å². The molecule has 0 saturated carbocycles. The van der Waals surface area contributed by atoms with E-state index in [4.69, 9.17) is 0 Å². The summed E-state index contributed by atoms with van der Waals surface area (Å²) in [6.45, 7) is 6.31. The highest BCUT2D eigenvalue weighted by Crippen LogP contribution is 2.25. The first-order valence-corrected chi connectivity index (χ1v) is 6.60. The molecule has 2 aromatic rings. The fourth-order valence-corrected chi connectivity index (χ4v) is 2.43. The lowest BCUT2D eigenvalue weighted by Gasteiger charge is -2.06. The molecule has 0 bridgehead atoms. The normalized spacial score (nSPS) is 10.8. The number of nitrogens with zero attached hydrogens (tertiary/aromatic N) is 2. The molecule has 2 nitrogen and oxygen atoms in total. The molecule has 17 heavy (non-hydrogen) atoms. The summed E-state index contributed by atoms with van der Waals surface area (Å²) in [5.74, 6) is 0.808. The van der Waals surface area contributed by atoms with Gasteiger partial charge in [-0.2, -0.15) is 0 Å². The average molecular weight is 244 g/mol. The van der Waals surface area contributed by atoms with Gasteiger partial charge in [0.1, 0.15) is 5.82 Å². The summed E-state index contributed by atoms with van der Waals surface area (Å²) in [5, 5.41) is 0.613. The van der Waals surface area contributed by atoms with E-state index in [2.05, 4.69) is 48.1 Å². The van der Waals surface area contributed by atoms with Crippen LogP contribution in [-0.4, -0.2) is 15.2 Å². The molecule has 3 heteroatoms. The summed E-state index contributed by atoms with van der Waals surface area (Å²) in [7, 11) is 0. The van der Waals surface area contributed by atoms with E-state index in [-0.39, 0.29) is 0 Å². The number of hydrogen-bond donors (Lipinski definition) is 0. The Labute approximate surface area is 107 Å². The van der Waals surface area contributed by atoms with Crippen molar-refractivity contribution in [1.29, 1.82) is 0 Å². The first kappa shape index (κ1) is 12.1. The van der Waals surface area contributed by atoms with Gasteiger partial charge >= 0.3 is 0 Å². The molecular formula is C14H16N2S. The quantitative estimate of drug-likeness (QED) is 0.764. The zero-order valence-electron chi connectivity index (χ0n) is 10.3. The highest BCUT2D eigenvalue weighted by molar-refractivity contribution is 7.99. The van der Waals surface area contributed by atoms with Crippen molar-refractivity contribution in [2.75, 3.05) is 0 Å². The van der Waals surface area contributed by atoms with Gasteiger partial charge in [-0.15, -0.1) is 11.8 Å². The Morgan fingerprint density at radius 3 is 2.35 bits per heavy atom. The molecule has 0 atom stereocenters. The maximum absolute atomic E-state index is 4.42. The monoisotopic (exact) mass is 244 g/mol. The lowest BCUT2D eigenvalue weighted by atomic mass is 10.1. The van der Waals surface area contributed by atoms with Gasteiger partial charge in [0.2, 0.25) is 0 Å². The van der Waals surface area contributed by atoms with Crippen LogP contribution in [0.15, 0.2) is 41.4 Å². The lowest BCUT2D eigenvalue weighted by molar-refractivity contribution is 1.06. The third-order valence-corrected chi connectivity index (χ3v) is 3.31. The predicted molar refractivity (Wildman–Crippen MR) is 73.2 cm³/mol. The number of thioether (sulfide) groups is 1. The first-order chi connectivity index (χ1) is 8.15. The summed E-state index contributed by atoms with van der Waals surface area (Å²) in [6, 6.07) is 10.5. The first-order valence-electron chi connectivity index (χ1n) is 5.72. The molecule has 1 aromatic heterocycles. The number of rotatable bonds is 3. The van der Waals surface area contributed by atoms with Crippen molar-refractivity contribution in [1.82, 2.24) is 9.97 Å². The van der Waals surface area contributed by atoms with Crippen molar-refractivity contribution in [3.63, 3.8) is 0 Å². The molecule has 0 aliphatic heterocycles. The fraction of sp³-hybridized carbons (Fsp3) is 0.286. The minimum Gasteiger partial charge on any atom is -0.242 e. The predicted octanol–water partition coefficient (Wildman–Crippen LogP) is 3.95. The highest BCUT2D eigenvalue weighted by Gasteiger charge is 2.02. The summed E-state index contributed by atoms with van der Waals surface area (Å²) < 4.78 is 0. The van der Waals surface area contributed by atoms with Crippen LogP contribution in [0.25, 0.3) is 11.3 Å².